The summed E-state index contributed by atoms with van der Waals surface area (Å²) in [5.41, 5.74) is -0.240. The Labute approximate surface area is 127 Å². The van der Waals surface area contributed by atoms with E-state index in [-0.39, 0.29) is 22.3 Å². The van der Waals surface area contributed by atoms with Crippen molar-refractivity contribution in [1.29, 1.82) is 0 Å². The van der Waals surface area contributed by atoms with Gasteiger partial charge in [0.15, 0.2) is 0 Å². The lowest BCUT2D eigenvalue weighted by Gasteiger charge is -2.30. The van der Waals surface area contributed by atoms with Crippen LogP contribution < -0.4 is 5.32 Å². The van der Waals surface area contributed by atoms with Gasteiger partial charge >= 0.3 is 5.97 Å². The van der Waals surface area contributed by atoms with Gasteiger partial charge in [-0.15, -0.1) is 0 Å². The standard InChI is InChI=1S/C13H16Cl2N2O3/c1-13(2,3)8(6-10(18)19)16-12(20)7-4-5-9(14)17-11(7)15/h4-5,8H,6H2,1-3H3,(H,16,20)(H,18,19). The molecule has 0 aliphatic carbocycles. The highest BCUT2D eigenvalue weighted by molar-refractivity contribution is 6.34. The van der Waals surface area contributed by atoms with Gasteiger partial charge in [0.05, 0.1) is 12.0 Å². The van der Waals surface area contributed by atoms with Crippen LogP contribution in [-0.2, 0) is 4.79 Å². The zero-order chi connectivity index (χ0) is 15.5. The Morgan fingerprint density at radius 3 is 2.40 bits per heavy atom. The number of nitrogens with zero attached hydrogens (tertiary/aromatic N) is 1. The highest BCUT2D eigenvalue weighted by Crippen LogP contribution is 2.23. The smallest absolute Gasteiger partial charge is 0.305 e. The lowest BCUT2D eigenvalue weighted by Crippen LogP contribution is -2.45. The van der Waals surface area contributed by atoms with E-state index < -0.39 is 23.3 Å². The summed E-state index contributed by atoms with van der Waals surface area (Å²) in [4.78, 5) is 26.8. The van der Waals surface area contributed by atoms with Crippen LogP contribution in [0, 0.1) is 5.41 Å². The largest absolute Gasteiger partial charge is 0.481 e. The minimum atomic E-state index is -0.981. The van der Waals surface area contributed by atoms with Gasteiger partial charge in [-0.1, -0.05) is 44.0 Å². The summed E-state index contributed by atoms with van der Waals surface area (Å²) in [7, 11) is 0. The number of pyridine rings is 1. The molecule has 0 saturated carbocycles. The first-order chi connectivity index (χ1) is 9.11. The minimum Gasteiger partial charge on any atom is -0.481 e. The third-order valence-corrected chi connectivity index (χ3v) is 3.29. The average Bonchev–Trinajstić information content (AvgIpc) is 2.25. The average molecular weight is 319 g/mol. The van der Waals surface area contributed by atoms with Crippen LogP contribution in [0.2, 0.25) is 10.3 Å². The van der Waals surface area contributed by atoms with Crippen molar-refractivity contribution in [2.45, 2.75) is 33.2 Å². The Kier molecular flexibility index (Phi) is 5.36. The van der Waals surface area contributed by atoms with Gasteiger partial charge < -0.3 is 10.4 Å². The molecule has 1 rings (SSSR count). The number of amides is 1. The second-order valence-electron chi connectivity index (χ2n) is 5.46. The van der Waals surface area contributed by atoms with Gasteiger partial charge in [-0.3, -0.25) is 9.59 Å². The van der Waals surface area contributed by atoms with Crippen molar-refractivity contribution in [2.75, 3.05) is 0 Å². The van der Waals surface area contributed by atoms with Crippen LogP contribution >= 0.6 is 23.2 Å². The van der Waals surface area contributed by atoms with E-state index in [1.54, 1.807) is 0 Å². The predicted octanol–water partition coefficient (Wildman–Crippen LogP) is 3.01. The fourth-order valence-electron chi connectivity index (χ4n) is 1.57. The first-order valence-electron chi connectivity index (χ1n) is 5.96. The molecule has 1 unspecified atom stereocenters. The van der Waals surface area contributed by atoms with Crippen molar-refractivity contribution in [3.63, 3.8) is 0 Å². The van der Waals surface area contributed by atoms with Crippen molar-refractivity contribution >= 4 is 35.1 Å². The maximum Gasteiger partial charge on any atom is 0.305 e. The van der Waals surface area contributed by atoms with Crippen LogP contribution in [0.5, 0.6) is 0 Å². The van der Waals surface area contributed by atoms with Crippen LogP contribution in [0.4, 0.5) is 0 Å². The molecule has 0 radical (unpaired) electrons. The molecule has 2 N–H and O–H groups in total. The van der Waals surface area contributed by atoms with E-state index in [1.807, 2.05) is 20.8 Å². The molecule has 0 aliphatic heterocycles. The number of hydrogen-bond donors (Lipinski definition) is 2. The normalized spacial score (nSPS) is 12.8. The van der Waals surface area contributed by atoms with Gasteiger partial charge in [-0.05, 0) is 17.5 Å². The lowest BCUT2D eigenvalue weighted by atomic mass is 9.84. The molecule has 20 heavy (non-hydrogen) atoms. The van der Waals surface area contributed by atoms with Crippen LogP contribution in [0.3, 0.4) is 0 Å². The highest BCUT2D eigenvalue weighted by Gasteiger charge is 2.29. The zero-order valence-corrected chi connectivity index (χ0v) is 12.9. The number of aromatic nitrogens is 1. The Morgan fingerprint density at radius 1 is 1.35 bits per heavy atom. The van der Waals surface area contributed by atoms with E-state index in [9.17, 15) is 9.59 Å². The van der Waals surface area contributed by atoms with Crippen molar-refractivity contribution in [2.24, 2.45) is 5.41 Å². The number of halogens is 2. The second-order valence-corrected chi connectivity index (χ2v) is 6.21. The predicted molar refractivity (Wildman–Crippen MR) is 77.2 cm³/mol. The highest BCUT2D eigenvalue weighted by atomic mass is 35.5. The van der Waals surface area contributed by atoms with Gasteiger partial charge in [-0.25, -0.2) is 4.98 Å². The van der Waals surface area contributed by atoms with E-state index in [4.69, 9.17) is 28.3 Å². The van der Waals surface area contributed by atoms with Gasteiger partial charge in [0, 0.05) is 6.04 Å². The summed E-state index contributed by atoms with van der Waals surface area (Å²) < 4.78 is 0. The molecular formula is C13H16Cl2N2O3. The molecule has 1 heterocycles. The number of carbonyl (C=O) groups is 2. The Bertz CT molecular complexity index is 527. The molecule has 0 saturated heterocycles. The Hall–Kier alpha value is -1.33. The fourth-order valence-corrected chi connectivity index (χ4v) is 2.00. The van der Waals surface area contributed by atoms with Gasteiger partial charge in [-0.2, -0.15) is 0 Å². The van der Waals surface area contributed by atoms with Gasteiger partial charge in [0.25, 0.3) is 5.91 Å². The SMILES string of the molecule is CC(C)(C)C(CC(=O)O)NC(=O)c1ccc(Cl)nc1Cl. The number of carbonyl (C=O) groups excluding carboxylic acids is 1. The summed E-state index contributed by atoms with van der Waals surface area (Å²) in [6.07, 6.45) is -0.173. The molecule has 0 fully saturated rings. The molecule has 5 nitrogen and oxygen atoms in total. The van der Waals surface area contributed by atoms with Crippen molar-refractivity contribution in [1.82, 2.24) is 10.3 Å². The molecular weight excluding hydrogens is 303 g/mol. The summed E-state index contributed by atoms with van der Waals surface area (Å²) in [5, 5.41) is 11.8. The molecule has 1 aromatic heterocycles. The topological polar surface area (TPSA) is 79.3 Å². The van der Waals surface area contributed by atoms with Crippen LogP contribution in [-0.4, -0.2) is 28.0 Å². The van der Waals surface area contributed by atoms with Crippen LogP contribution in [0.25, 0.3) is 0 Å². The Morgan fingerprint density at radius 2 is 1.95 bits per heavy atom. The molecule has 0 bridgehead atoms. The lowest BCUT2D eigenvalue weighted by molar-refractivity contribution is -0.138. The molecule has 1 atom stereocenters. The first-order valence-corrected chi connectivity index (χ1v) is 6.71. The number of nitrogens with one attached hydrogen (secondary N) is 1. The number of carboxylic acids is 1. The maximum atomic E-state index is 12.1. The molecule has 1 aromatic rings. The van der Waals surface area contributed by atoms with E-state index in [2.05, 4.69) is 10.3 Å². The maximum absolute atomic E-state index is 12.1. The molecule has 110 valence electrons. The molecule has 0 spiro atoms. The fraction of sp³-hybridized carbons (Fsp3) is 0.462. The van der Waals surface area contributed by atoms with Crippen molar-refractivity contribution in [3.05, 3.63) is 28.0 Å². The van der Waals surface area contributed by atoms with Crippen molar-refractivity contribution in [3.8, 4) is 0 Å². The summed E-state index contributed by atoms with van der Waals surface area (Å²) in [6.45, 7) is 5.55. The summed E-state index contributed by atoms with van der Waals surface area (Å²) >= 11 is 11.5. The van der Waals surface area contributed by atoms with E-state index >= 15 is 0 Å². The number of carboxylic acid groups (broad SMARTS) is 1. The molecule has 0 aromatic carbocycles. The quantitative estimate of drug-likeness (QED) is 0.836. The summed E-state index contributed by atoms with van der Waals surface area (Å²) in [5.74, 6) is -1.45. The van der Waals surface area contributed by atoms with Gasteiger partial charge in [0.2, 0.25) is 0 Å². The summed E-state index contributed by atoms with van der Waals surface area (Å²) in [6, 6.07) is 2.37. The van der Waals surface area contributed by atoms with Crippen LogP contribution in [0.1, 0.15) is 37.6 Å². The van der Waals surface area contributed by atoms with Crippen LogP contribution in [0.15, 0.2) is 12.1 Å². The minimum absolute atomic E-state index is 0.0158. The third kappa shape index (κ3) is 4.65. The number of rotatable bonds is 4. The Balaban J connectivity index is 2.93. The van der Waals surface area contributed by atoms with E-state index in [0.29, 0.717) is 0 Å². The number of hydrogen-bond acceptors (Lipinski definition) is 3. The molecule has 7 heteroatoms. The molecule has 0 aliphatic rings. The molecule has 1 amide bonds. The number of aliphatic carboxylic acids is 1. The second kappa shape index (κ2) is 6.41. The first kappa shape index (κ1) is 16.7. The van der Waals surface area contributed by atoms with Crippen molar-refractivity contribution < 1.29 is 14.7 Å². The van der Waals surface area contributed by atoms with E-state index in [1.165, 1.54) is 12.1 Å². The zero-order valence-electron chi connectivity index (χ0n) is 11.4. The monoisotopic (exact) mass is 318 g/mol. The third-order valence-electron chi connectivity index (χ3n) is 2.79. The van der Waals surface area contributed by atoms with Gasteiger partial charge in [0.1, 0.15) is 10.3 Å². The van der Waals surface area contributed by atoms with E-state index in [0.717, 1.165) is 0 Å².